The van der Waals surface area contributed by atoms with Gasteiger partial charge in [0, 0.05) is 32.6 Å². The van der Waals surface area contributed by atoms with Crippen LogP contribution in [0, 0.1) is 18.7 Å². The van der Waals surface area contributed by atoms with Gasteiger partial charge in [0.05, 0.1) is 23.7 Å². The first-order valence-electron chi connectivity index (χ1n) is 13.4. The number of halogens is 7. The van der Waals surface area contributed by atoms with E-state index in [1.807, 2.05) is 0 Å². The summed E-state index contributed by atoms with van der Waals surface area (Å²) in [6.07, 6.45) is -9.71. The number of hydrogen-bond acceptors (Lipinski definition) is 5. The van der Waals surface area contributed by atoms with Crippen molar-refractivity contribution in [2.75, 3.05) is 39.8 Å². The van der Waals surface area contributed by atoms with E-state index in [4.69, 9.17) is 4.84 Å². The number of amides is 2. The minimum Gasteiger partial charge on any atom is -0.350 e. The lowest BCUT2D eigenvalue weighted by Crippen LogP contribution is -2.53. The Bertz CT molecular complexity index is 1260. The van der Waals surface area contributed by atoms with Gasteiger partial charge >= 0.3 is 18.4 Å². The van der Waals surface area contributed by atoms with Crippen molar-refractivity contribution in [1.82, 2.24) is 20.2 Å². The molecule has 0 aromatic heterocycles. The topological polar surface area (TPSA) is 65.1 Å². The molecule has 0 spiro atoms. The van der Waals surface area contributed by atoms with Gasteiger partial charge in [-0.3, -0.25) is 4.79 Å². The second kappa shape index (κ2) is 12.5. The van der Waals surface area contributed by atoms with E-state index in [0.717, 1.165) is 18.0 Å². The number of hydroxylamine groups is 2. The average Bonchev–Trinajstić information content (AvgIpc) is 2.92. The van der Waals surface area contributed by atoms with Gasteiger partial charge in [-0.15, -0.1) is 5.06 Å². The van der Waals surface area contributed by atoms with E-state index in [0.29, 0.717) is 36.1 Å². The minimum atomic E-state index is -5.03. The number of carbonyl (C=O) groups excluding carboxylic acids is 2. The van der Waals surface area contributed by atoms with Crippen molar-refractivity contribution < 1.29 is 45.2 Å². The molecule has 7 nitrogen and oxygen atoms in total. The van der Waals surface area contributed by atoms with Crippen LogP contribution in [0.5, 0.6) is 0 Å². The lowest BCUT2D eigenvalue weighted by molar-refractivity contribution is -0.175. The van der Waals surface area contributed by atoms with Crippen molar-refractivity contribution >= 4 is 12.0 Å². The van der Waals surface area contributed by atoms with Crippen molar-refractivity contribution in [2.45, 2.75) is 44.7 Å². The zero-order valence-electron chi connectivity index (χ0n) is 23.0. The Labute approximate surface area is 238 Å². The van der Waals surface area contributed by atoms with Crippen LogP contribution in [0.1, 0.15) is 46.7 Å². The number of rotatable bonds is 5. The van der Waals surface area contributed by atoms with Crippen molar-refractivity contribution in [3.05, 3.63) is 70.0 Å². The summed E-state index contributed by atoms with van der Waals surface area (Å²) in [7, 11) is 1.19. The number of nitrogens with zero attached hydrogens (tertiary/aromatic N) is 3. The lowest BCUT2D eigenvalue weighted by atomic mass is 9.94. The van der Waals surface area contributed by atoms with Crippen LogP contribution in [0.25, 0.3) is 0 Å². The van der Waals surface area contributed by atoms with E-state index in [2.05, 4.69) is 5.32 Å². The highest BCUT2D eigenvalue weighted by atomic mass is 19.4. The molecule has 42 heavy (non-hydrogen) atoms. The van der Waals surface area contributed by atoms with Gasteiger partial charge in [0.15, 0.2) is 0 Å². The van der Waals surface area contributed by atoms with E-state index in [1.165, 1.54) is 30.3 Å². The molecule has 230 valence electrons. The summed E-state index contributed by atoms with van der Waals surface area (Å²) in [5, 5.41) is 4.53. The molecular formula is C28H31F7N4O3. The maximum atomic E-state index is 13.9. The molecule has 1 N–H and O–H groups in total. The molecule has 0 aliphatic carbocycles. The fraction of sp³-hybridized carbons (Fsp3) is 0.500. The van der Waals surface area contributed by atoms with Gasteiger partial charge in [0.2, 0.25) is 5.91 Å². The van der Waals surface area contributed by atoms with Gasteiger partial charge in [-0.2, -0.15) is 26.3 Å². The van der Waals surface area contributed by atoms with E-state index in [-0.39, 0.29) is 43.1 Å². The predicted octanol–water partition coefficient (Wildman–Crippen LogP) is 5.54. The quantitative estimate of drug-likeness (QED) is 0.455. The molecule has 2 heterocycles. The molecule has 2 aliphatic rings. The third-order valence-corrected chi connectivity index (χ3v) is 7.50. The predicted molar refractivity (Wildman–Crippen MR) is 137 cm³/mol. The standard InChI is InChI=1S/C28H31F7N4O3/c1-17-11-22(29)3-4-23(17)24-16-38(25(40)19-5-7-36-8-6-19)9-10-39(24)42-26(41)37(2)15-18-12-20(27(30,31)32)14-21(13-18)28(33,34)35/h3-4,11-14,19,24,36H,5-10,15-16H2,1-2H3/t24-/m1/s1. The van der Waals surface area contributed by atoms with Crippen LogP contribution in [0.4, 0.5) is 35.5 Å². The fourth-order valence-electron chi connectivity index (χ4n) is 5.29. The zero-order valence-corrected chi connectivity index (χ0v) is 23.0. The normalized spacial score (nSPS) is 19.1. The summed E-state index contributed by atoms with van der Waals surface area (Å²) >= 11 is 0. The van der Waals surface area contributed by atoms with E-state index in [9.17, 15) is 40.3 Å². The summed E-state index contributed by atoms with van der Waals surface area (Å²) in [5.74, 6) is -0.665. The Balaban J connectivity index is 1.53. The number of piperidine rings is 1. The number of aryl methyl sites for hydroxylation is 1. The first kappa shape index (κ1) is 31.5. The maximum absolute atomic E-state index is 13.9. The Morgan fingerprint density at radius 2 is 1.60 bits per heavy atom. The largest absolute Gasteiger partial charge is 0.428 e. The summed E-state index contributed by atoms with van der Waals surface area (Å²) in [4.78, 5) is 34.4. The molecular weight excluding hydrogens is 573 g/mol. The highest BCUT2D eigenvalue weighted by Gasteiger charge is 2.39. The average molecular weight is 605 g/mol. The van der Waals surface area contributed by atoms with Crippen LogP contribution in [0.2, 0.25) is 0 Å². The summed E-state index contributed by atoms with van der Waals surface area (Å²) in [6, 6.07) is 4.51. The molecule has 4 rings (SSSR count). The third-order valence-electron chi connectivity index (χ3n) is 7.50. The molecule has 2 aromatic carbocycles. The first-order valence-corrected chi connectivity index (χ1v) is 13.4. The summed E-state index contributed by atoms with van der Waals surface area (Å²) < 4.78 is 93.5. The lowest BCUT2D eigenvalue weighted by Gasteiger charge is -2.42. The van der Waals surface area contributed by atoms with Crippen molar-refractivity contribution in [3.63, 3.8) is 0 Å². The van der Waals surface area contributed by atoms with Crippen LogP contribution in [0.15, 0.2) is 36.4 Å². The molecule has 2 aromatic rings. The number of carbonyl (C=O) groups is 2. The molecule has 2 amide bonds. The van der Waals surface area contributed by atoms with Crippen LogP contribution in [0.3, 0.4) is 0 Å². The highest BCUT2D eigenvalue weighted by Crippen LogP contribution is 2.37. The van der Waals surface area contributed by atoms with E-state index in [1.54, 1.807) is 11.8 Å². The molecule has 14 heteroatoms. The zero-order chi connectivity index (χ0) is 30.8. The molecule has 1 atom stereocenters. The minimum absolute atomic E-state index is 0.0159. The second-order valence-electron chi connectivity index (χ2n) is 10.6. The SMILES string of the molecule is Cc1cc(F)ccc1[C@H]1CN(C(=O)C2CCNCC2)CCN1OC(=O)N(C)Cc1cc(C(F)(F)F)cc(C(F)(F)F)c1. The molecule has 0 radical (unpaired) electrons. The number of alkyl halides is 6. The first-order chi connectivity index (χ1) is 19.6. The van der Waals surface area contributed by atoms with Gasteiger partial charge < -0.3 is 20.0 Å². The smallest absolute Gasteiger partial charge is 0.350 e. The summed E-state index contributed by atoms with van der Waals surface area (Å²) in [6.45, 7) is 2.95. The highest BCUT2D eigenvalue weighted by molar-refractivity contribution is 5.79. The molecule has 0 unspecified atom stereocenters. The van der Waals surface area contributed by atoms with Gasteiger partial charge in [-0.25, -0.2) is 9.18 Å². The van der Waals surface area contributed by atoms with Gasteiger partial charge in [0.25, 0.3) is 0 Å². The van der Waals surface area contributed by atoms with Gasteiger partial charge in [-0.05, 0) is 79.9 Å². The summed E-state index contributed by atoms with van der Waals surface area (Å²) in [5.41, 5.74) is -2.22. The molecule has 2 fully saturated rings. The Kier molecular flexibility index (Phi) is 9.36. The van der Waals surface area contributed by atoms with E-state index < -0.39 is 48.0 Å². The van der Waals surface area contributed by atoms with Gasteiger partial charge in [-0.1, -0.05) is 6.07 Å². The van der Waals surface area contributed by atoms with Crippen molar-refractivity contribution in [1.29, 1.82) is 0 Å². The Hall–Kier alpha value is -3.39. The molecule has 2 aliphatic heterocycles. The van der Waals surface area contributed by atoms with Crippen LogP contribution in [-0.2, 0) is 28.5 Å². The van der Waals surface area contributed by atoms with Gasteiger partial charge in [0.1, 0.15) is 5.82 Å². The number of piperazine rings is 1. The van der Waals surface area contributed by atoms with Crippen molar-refractivity contribution in [2.24, 2.45) is 5.92 Å². The fourth-order valence-corrected chi connectivity index (χ4v) is 5.29. The van der Waals surface area contributed by atoms with Crippen LogP contribution < -0.4 is 5.32 Å². The Morgan fingerprint density at radius 1 is 0.976 bits per heavy atom. The second-order valence-corrected chi connectivity index (χ2v) is 10.6. The Morgan fingerprint density at radius 3 is 2.17 bits per heavy atom. The van der Waals surface area contributed by atoms with Crippen LogP contribution >= 0.6 is 0 Å². The monoisotopic (exact) mass is 604 g/mol. The number of nitrogens with one attached hydrogen (secondary N) is 1. The van der Waals surface area contributed by atoms with E-state index >= 15 is 0 Å². The molecule has 2 saturated heterocycles. The molecule has 0 saturated carbocycles. The van der Waals surface area contributed by atoms with Crippen LogP contribution in [-0.4, -0.2) is 66.6 Å². The molecule has 0 bridgehead atoms. The number of hydrogen-bond donors (Lipinski definition) is 1. The maximum Gasteiger partial charge on any atom is 0.428 e. The number of benzene rings is 2. The third kappa shape index (κ3) is 7.51. The van der Waals surface area contributed by atoms with Crippen molar-refractivity contribution in [3.8, 4) is 0 Å².